The SMILES string of the molecule is Cc1cc(C(=O)N2CCC(Cc3ccccc3)CC2)nc(NCC(C)C)n1. The Bertz CT molecular complexity index is 752. The highest BCUT2D eigenvalue weighted by Crippen LogP contribution is 2.23. The summed E-state index contributed by atoms with van der Waals surface area (Å²) in [6.45, 7) is 8.57. The lowest BCUT2D eigenvalue weighted by atomic mass is 9.90. The first-order valence-corrected chi connectivity index (χ1v) is 9.94. The molecular weight excluding hydrogens is 336 g/mol. The van der Waals surface area contributed by atoms with E-state index >= 15 is 0 Å². The van der Waals surface area contributed by atoms with Gasteiger partial charge in [0, 0.05) is 25.3 Å². The number of anilines is 1. The predicted molar refractivity (Wildman–Crippen MR) is 109 cm³/mol. The molecule has 5 nitrogen and oxygen atoms in total. The molecule has 1 aliphatic heterocycles. The fourth-order valence-corrected chi connectivity index (χ4v) is 3.50. The minimum Gasteiger partial charge on any atom is -0.354 e. The van der Waals surface area contributed by atoms with E-state index in [0.29, 0.717) is 23.5 Å². The average molecular weight is 367 g/mol. The lowest BCUT2D eigenvalue weighted by molar-refractivity contribution is 0.0684. The van der Waals surface area contributed by atoms with Crippen LogP contribution in [0.3, 0.4) is 0 Å². The number of aryl methyl sites for hydroxylation is 1. The molecule has 1 fully saturated rings. The molecule has 2 aromatic rings. The number of carbonyl (C=O) groups excluding carboxylic acids is 1. The molecule has 0 radical (unpaired) electrons. The molecule has 5 heteroatoms. The van der Waals surface area contributed by atoms with Crippen LogP contribution in [-0.2, 0) is 6.42 Å². The van der Waals surface area contributed by atoms with Gasteiger partial charge in [-0.3, -0.25) is 4.79 Å². The second-order valence-corrected chi connectivity index (χ2v) is 7.92. The number of carbonyl (C=O) groups is 1. The van der Waals surface area contributed by atoms with E-state index in [0.717, 1.165) is 44.6 Å². The number of nitrogens with one attached hydrogen (secondary N) is 1. The van der Waals surface area contributed by atoms with E-state index in [-0.39, 0.29) is 5.91 Å². The van der Waals surface area contributed by atoms with Crippen LogP contribution in [0.4, 0.5) is 5.95 Å². The van der Waals surface area contributed by atoms with Crippen molar-refractivity contribution in [2.24, 2.45) is 11.8 Å². The third-order valence-corrected chi connectivity index (χ3v) is 5.01. The number of nitrogens with zero attached hydrogens (tertiary/aromatic N) is 3. The van der Waals surface area contributed by atoms with Gasteiger partial charge in [0.1, 0.15) is 5.69 Å². The smallest absolute Gasteiger partial charge is 0.272 e. The molecule has 0 spiro atoms. The van der Waals surface area contributed by atoms with Crippen molar-refractivity contribution in [1.82, 2.24) is 14.9 Å². The average Bonchev–Trinajstić information content (AvgIpc) is 2.67. The molecular formula is C22H30N4O. The maximum Gasteiger partial charge on any atom is 0.272 e. The van der Waals surface area contributed by atoms with Crippen molar-refractivity contribution in [3.05, 3.63) is 53.3 Å². The number of likely N-dealkylation sites (tertiary alicyclic amines) is 1. The van der Waals surface area contributed by atoms with Gasteiger partial charge >= 0.3 is 0 Å². The fourth-order valence-electron chi connectivity index (χ4n) is 3.50. The van der Waals surface area contributed by atoms with Crippen LogP contribution >= 0.6 is 0 Å². The molecule has 144 valence electrons. The van der Waals surface area contributed by atoms with Gasteiger partial charge in [-0.05, 0) is 49.7 Å². The molecule has 0 saturated carbocycles. The number of hydrogen-bond donors (Lipinski definition) is 1. The van der Waals surface area contributed by atoms with Crippen molar-refractivity contribution in [1.29, 1.82) is 0 Å². The first-order valence-electron chi connectivity index (χ1n) is 9.94. The van der Waals surface area contributed by atoms with Crippen LogP contribution in [-0.4, -0.2) is 40.4 Å². The summed E-state index contributed by atoms with van der Waals surface area (Å²) in [4.78, 5) is 23.7. The number of aromatic nitrogens is 2. The molecule has 0 unspecified atom stereocenters. The van der Waals surface area contributed by atoms with Crippen LogP contribution in [0.1, 0.15) is 48.4 Å². The Hall–Kier alpha value is -2.43. The van der Waals surface area contributed by atoms with E-state index in [2.05, 4.69) is 59.5 Å². The molecule has 2 heterocycles. The van der Waals surface area contributed by atoms with Gasteiger partial charge in [-0.2, -0.15) is 0 Å². The molecule has 1 aliphatic rings. The highest BCUT2D eigenvalue weighted by atomic mass is 16.2. The summed E-state index contributed by atoms with van der Waals surface area (Å²) in [5.41, 5.74) is 2.70. The summed E-state index contributed by atoms with van der Waals surface area (Å²) in [6, 6.07) is 12.4. The second-order valence-electron chi connectivity index (χ2n) is 7.92. The zero-order chi connectivity index (χ0) is 19.2. The van der Waals surface area contributed by atoms with Gasteiger partial charge in [0.2, 0.25) is 5.95 Å². The summed E-state index contributed by atoms with van der Waals surface area (Å²) in [6.07, 6.45) is 3.19. The summed E-state index contributed by atoms with van der Waals surface area (Å²) < 4.78 is 0. The Morgan fingerprint density at radius 2 is 1.89 bits per heavy atom. The Morgan fingerprint density at radius 3 is 2.56 bits per heavy atom. The lowest BCUT2D eigenvalue weighted by Gasteiger charge is -2.32. The van der Waals surface area contributed by atoms with Crippen LogP contribution in [0.2, 0.25) is 0 Å². The first kappa shape index (κ1) is 19.3. The number of benzene rings is 1. The zero-order valence-electron chi connectivity index (χ0n) is 16.6. The predicted octanol–water partition coefficient (Wildman–Crippen LogP) is 3.95. The topological polar surface area (TPSA) is 58.1 Å². The van der Waals surface area contributed by atoms with Gasteiger partial charge in [-0.15, -0.1) is 0 Å². The summed E-state index contributed by atoms with van der Waals surface area (Å²) in [7, 11) is 0. The van der Waals surface area contributed by atoms with Gasteiger partial charge in [0.05, 0.1) is 0 Å². The van der Waals surface area contributed by atoms with Gasteiger partial charge < -0.3 is 10.2 Å². The molecule has 3 rings (SSSR count). The third-order valence-electron chi connectivity index (χ3n) is 5.01. The standard InChI is InChI=1S/C22H30N4O/c1-16(2)15-23-22-24-17(3)13-20(25-22)21(27)26-11-9-19(10-12-26)14-18-7-5-4-6-8-18/h4-8,13,16,19H,9-12,14-15H2,1-3H3,(H,23,24,25). The zero-order valence-corrected chi connectivity index (χ0v) is 16.6. The molecule has 0 aliphatic carbocycles. The van der Waals surface area contributed by atoms with E-state index in [9.17, 15) is 4.79 Å². The van der Waals surface area contributed by atoms with E-state index < -0.39 is 0 Å². The van der Waals surface area contributed by atoms with Crippen molar-refractivity contribution in [2.75, 3.05) is 25.0 Å². The summed E-state index contributed by atoms with van der Waals surface area (Å²) in [5, 5.41) is 3.22. The molecule has 1 N–H and O–H groups in total. The third kappa shape index (κ3) is 5.52. The maximum atomic E-state index is 12.9. The molecule has 27 heavy (non-hydrogen) atoms. The van der Waals surface area contributed by atoms with Crippen LogP contribution in [0.15, 0.2) is 36.4 Å². The number of amides is 1. The van der Waals surface area contributed by atoms with Gasteiger partial charge in [-0.1, -0.05) is 44.2 Å². The first-order chi connectivity index (χ1) is 13.0. The van der Waals surface area contributed by atoms with Crippen molar-refractivity contribution >= 4 is 11.9 Å². The van der Waals surface area contributed by atoms with Gasteiger partial charge in [0.25, 0.3) is 5.91 Å². The maximum absolute atomic E-state index is 12.9. The molecule has 1 aromatic heterocycles. The van der Waals surface area contributed by atoms with E-state index in [1.54, 1.807) is 6.07 Å². The largest absolute Gasteiger partial charge is 0.354 e. The minimum absolute atomic E-state index is 0.0197. The van der Waals surface area contributed by atoms with E-state index in [4.69, 9.17) is 0 Å². The Labute approximate surface area is 162 Å². The molecule has 1 aromatic carbocycles. The van der Waals surface area contributed by atoms with Crippen LogP contribution in [0.25, 0.3) is 0 Å². The number of rotatable bonds is 6. The molecule has 1 saturated heterocycles. The summed E-state index contributed by atoms with van der Waals surface area (Å²) in [5.74, 6) is 1.71. The molecule has 0 atom stereocenters. The highest BCUT2D eigenvalue weighted by Gasteiger charge is 2.25. The Kier molecular flexibility index (Phi) is 6.43. The van der Waals surface area contributed by atoms with E-state index in [1.165, 1.54) is 5.56 Å². The van der Waals surface area contributed by atoms with Crippen molar-refractivity contribution < 1.29 is 4.79 Å². The summed E-state index contributed by atoms with van der Waals surface area (Å²) >= 11 is 0. The van der Waals surface area contributed by atoms with Crippen molar-refractivity contribution in [3.63, 3.8) is 0 Å². The molecule has 1 amide bonds. The van der Waals surface area contributed by atoms with Gasteiger partial charge in [0.15, 0.2) is 0 Å². The van der Waals surface area contributed by atoms with Crippen molar-refractivity contribution in [3.8, 4) is 0 Å². The normalized spacial score (nSPS) is 15.2. The second kappa shape index (κ2) is 8.98. The quantitative estimate of drug-likeness (QED) is 0.841. The minimum atomic E-state index is 0.0197. The van der Waals surface area contributed by atoms with Crippen LogP contribution in [0.5, 0.6) is 0 Å². The number of hydrogen-bond acceptors (Lipinski definition) is 4. The Morgan fingerprint density at radius 1 is 1.19 bits per heavy atom. The number of piperidine rings is 1. The van der Waals surface area contributed by atoms with Crippen LogP contribution < -0.4 is 5.32 Å². The van der Waals surface area contributed by atoms with E-state index in [1.807, 2.05) is 11.8 Å². The fraction of sp³-hybridized carbons (Fsp3) is 0.500. The molecule has 0 bridgehead atoms. The van der Waals surface area contributed by atoms with Crippen molar-refractivity contribution in [2.45, 2.75) is 40.0 Å². The van der Waals surface area contributed by atoms with Crippen LogP contribution in [0, 0.1) is 18.8 Å². The van der Waals surface area contributed by atoms with Gasteiger partial charge in [-0.25, -0.2) is 9.97 Å². The Balaban J connectivity index is 1.58. The lowest BCUT2D eigenvalue weighted by Crippen LogP contribution is -2.39. The highest BCUT2D eigenvalue weighted by molar-refractivity contribution is 5.92. The monoisotopic (exact) mass is 366 g/mol.